The first-order valence-corrected chi connectivity index (χ1v) is 49.1. The molecule has 20 heteroatoms. The van der Waals surface area contributed by atoms with Crippen LogP contribution >= 0.6 is 0 Å². The van der Waals surface area contributed by atoms with Crippen LogP contribution in [-0.4, -0.2) is 93.3 Å². The smallest absolute Gasteiger partial charge is 0.343 e. The standard InChI is InChI=1S/C26H30O4.C26H24O4.C26H26O3.C24H22N2O4.C20H22O3/c2*1-17-3-5-18(6-4-17)19-7-9-20(10-8-19)26(28)30-24-14-13-21-15-23(25(27)29-2)12-11-22(21)16-24;1-18-3-7-20(8-4-18)21-9-5-19(6-10-21)17-29-25-14-13-22-15-24(26(27)28-2)12-11-23(22)16-25;1-15-13-25-22(26-14-15)16-3-5-17(6-4-16)24(28)30-21-10-9-18-11-20(23(27)29-2)8-7-19(18)12-21;1-14-3-5-15(6-4-14)13-23-19-10-9-16-11-18(20(21)22-2)8-7-17(16)12-19/h3-6,13-14,16,19-20,23H,7-12,15H2,1-2H3;3-10,13-14,16,23H,11-12,15H2,1-2H3;3-10,13-14,16,24H,11-12,15,17H2,1-2H3;3-6,9-10,12-14,20H,7-8,11H2,1-2H3;3-6,9-10,12,18H,7-8,11,13H2,1-2H3. The molecular formula is C122H124N2O18. The summed E-state index contributed by atoms with van der Waals surface area (Å²) in [6, 6.07) is 86.4. The summed E-state index contributed by atoms with van der Waals surface area (Å²) in [5.41, 5.74) is 27.9. The molecule has 13 aromatic rings. The van der Waals surface area contributed by atoms with Gasteiger partial charge in [-0.25, -0.2) is 19.6 Å². The zero-order valence-corrected chi connectivity index (χ0v) is 82.6. The number of fused-ring (bicyclic) bond motifs is 5. The second-order valence-corrected chi connectivity index (χ2v) is 37.9. The van der Waals surface area contributed by atoms with Crippen molar-refractivity contribution in [1.29, 1.82) is 0 Å². The molecule has 1 fully saturated rings. The molecule has 6 aliphatic rings. The van der Waals surface area contributed by atoms with Crippen LogP contribution in [0.2, 0.25) is 0 Å². The fourth-order valence-corrected chi connectivity index (χ4v) is 19.3. The molecule has 0 spiro atoms. The molecular weight excluding hydrogens is 1780 g/mol. The minimum Gasteiger partial charge on any atom is -0.489 e. The van der Waals surface area contributed by atoms with Gasteiger partial charge in [-0.2, -0.15) is 0 Å². The molecule has 19 rings (SSSR count). The van der Waals surface area contributed by atoms with Crippen molar-refractivity contribution in [1.82, 2.24) is 9.97 Å². The van der Waals surface area contributed by atoms with Crippen LogP contribution in [0.5, 0.6) is 28.7 Å². The van der Waals surface area contributed by atoms with Gasteiger partial charge in [-0.05, 0) is 348 Å². The lowest BCUT2D eigenvalue weighted by Crippen LogP contribution is -2.26. The number of nitrogens with zero attached hydrogens (tertiary/aromatic N) is 2. The van der Waals surface area contributed by atoms with Crippen molar-refractivity contribution < 1.29 is 85.7 Å². The van der Waals surface area contributed by atoms with Crippen molar-refractivity contribution in [3.63, 3.8) is 0 Å². The third-order valence-corrected chi connectivity index (χ3v) is 27.9. The Morgan fingerprint density at radius 2 is 0.521 bits per heavy atom. The maximum Gasteiger partial charge on any atom is 0.343 e. The molecule has 1 saturated carbocycles. The van der Waals surface area contributed by atoms with Gasteiger partial charge in [0.2, 0.25) is 0 Å². The van der Waals surface area contributed by atoms with Gasteiger partial charge < -0.3 is 47.4 Å². The van der Waals surface area contributed by atoms with Gasteiger partial charge in [-0.15, -0.1) is 0 Å². The molecule has 5 atom stereocenters. The molecule has 0 bridgehead atoms. The van der Waals surface area contributed by atoms with Crippen molar-refractivity contribution >= 4 is 47.8 Å². The number of carbonyl (C=O) groups is 8. The lowest BCUT2D eigenvalue weighted by atomic mass is 9.78. The Bertz CT molecular complexity index is 6390. The number of hydrogen-bond acceptors (Lipinski definition) is 20. The molecule has 12 aromatic carbocycles. The second-order valence-electron chi connectivity index (χ2n) is 37.9. The number of esters is 8. The Morgan fingerprint density at radius 3 is 0.845 bits per heavy atom. The number of benzene rings is 12. The van der Waals surface area contributed by atoms with Crippen molar-refractivity contribution in [2.75, 3.05) is 35.5 Å². The molecule has 142 heavy (non-hydrogen) atoms. The van der Waals surface area contributed by atoms with Crippen LogP contribution in [0.25, 0.3) is 33.6 Å². The minimum absolute atomic E-state index is 0.00757. The van der Waals surface area contributed by atoms with E-state index in [0.717, 1.165) is 170 Å². The number of aromatic nitrogens is 2. The van der Waals surface area contributed by atoms with Crippen molar-refractivity contribution in [2.45, 2.75) is 176 Å². The van der Waals surface area contributed by atoms with Crippen molar-refractivity contribution in [3.8, 4) is 62.4 Å². The molecule has 0 N–H and O–H groups in total. The van der Waals surface area contributed by atoms with Gasteiger partial charge in [-0.3, -0.25) is 28.8 Å². The number of methoxy groups -OCH3 is 5. The maximum absolute atomic E-state index is 12.7. The molecule has 1 heterocycles. The van der Waals surface area contributed by atoms with Gasteiger partial charge in [0.15, 0.2) is 5.82 Å². The summed E-state index contributed by atoms with van der Waals surface area (Å²) in [6.07, 6.45) is 18.9. The van der Waals surface area contributed by atoms with E-state index in [0.29, 0.717) is 72.6 Å². The predicted octanol–water partition coefficient (Wildman–Crippen LogP) is 23.6. The Morgan fingerprint density at radius 1 is 0.254 bits per heavy atom. The normalized spacial score (nSPS) is 17.2. The Balaban J connectivity index is 0.000000134. The first-order valence-electron chi connectivity index (χ1n) is 49.1. The van der Waals surface area contributed by atoms with Crippen LogP contribution in [0.4, 0.5) is 0 Å². The average Bonchev–Trinajstić information content (AvgIpc) is 0.816. The largest absolute Gasteiger partial charge is 0.489 e. The first kappa shape index (κ1) is 101. The molecule has 0 aliphatic heterocycles. The monoisotopic (exact) mass is 1900 g/mol. The summed E-state index contributed by atoms with van der Waals surface area (Å²) < 4.78 is 53.2. The Kier molecular flexibility index (Phi) is 34.9. The second kappa shape index (κ2) is 48.8. The fourth-order valence-electron chi connectivity index (χ4n) is 19.3. The maximum atomic E-state index is 12.7. The molecule has 0 amide bonds. The van der Waals surface area contributed by atoms with Crippen LogP contribution < -0.4 is 23.7 Å². The number of hydrogen-bond donors (Lipinski definition) is 0. The topological polar surface area (TPSA) is 255 Å². The Hall–Kier alpha value is -14.9. The van der Waals surface area contributed by atoms with Gasteiger partial charge in [0.05, 0.1) is 82.2 Å². The molecule has 1 aromatic heterocycles. The van der Waals surface area contributed by atoms with E-state index in [9.17, 15) is 38.4 Å². The van der Waals surface area contributed by atoms with E-state index in [1.165, 1.54) is 108 Å². The molecule has 0 saturated heterocycles. The number of ether oxygens (including phenoxy) is 10. The van der Waals surface area contributed by atoms with E-state index in [-0.39, 0.29) is 77.3 Å². The van der Waals surface area contributed by atoms with E-state index in [2.05, 4.69) is 183 Å². The van der Waals surface area contributed by atoms with E-state index >= 15 is 0 Å². The van der Waals surface area contributed by atoms with Crippen molar-refractivity contribution in [3.05, 3.63) is 385 Å². The third kappa shape index (κ3) is 27.4. The summed E-state index contributed by atoms with van der Waals surface area (Å²) in [5, 5.41) is 0. The number of rotatable bonds is 21. The Labute approximate surface area is 832 Å². The first-order chi connectivity index (χ1) is 68.9. The number of carbonyl (C=O) groups excluding carboxylic acids is 8. The SMILES string of the molecule is COC(=O)C1CCc2cc(OC(=O)C3CCC(c4ccc(C)cc4)CC3)ccc2C1.COC(=O)C1CCc2cc(OC(=O)c3ccc(-c4ccc(C)cc4)cc3)ccc2C1.COC(=O)C1CCc2cc(OC(=O)c3ccc(-c4ncc(C)cn4)cc3)ccc2C1.COC(=O)C1CCc2cc(OCc3ccc(-c4ccc(C)cc4)cc3)ccc2C1.COC(=O)C1CCc2cc(OCc3ccc(C)cc3)ccc2C1. The molecule has 5 unspecified atom stereocenters. The third-order valence-electron chi connectivity index (χ3n) is 27.9. The van der Waals surface area contributed by atoms with Crippen LogP contribution in [0.1, 0.15) is 185 Å². The summed E-state index contributed by atoms with van der Waals surface area (Å²) in [7, 11) is 7.20. The molecule has 20 nitrogen and oxygen atoms in total. The quantitative estimate of drug-likeness (QED) is 0.0368. The van der Waals surface area contributed by atoms with E-state index in [1.54, 1.807) is 60.9 Å². The van der Waals surface area contributed by atoms with Gasteiger partial charge in [0.25, 0.3) is 0 Å². The van der Waals surface area contributed by atoms with Crippen LogP contribution in [0.3, 0.4) is 0 Å². The van der Waals surface area contributed by atoms with E-state index in [4.69, 9.17) is 47.4 Å². The minimum atomic E-state index is -0.422. The summed E-state index contributed by atoms with van der Waals surface area (Å²) in [5.74, 6) is 2.65. The van der Waals surface area contributed by atoms with Gasteiger partial charge in [0, 0.05) is 18.0 Å². The highest BCUT2D eigenvalue weighted by molar-refractivity contribution is 5.93. The van der Waals surface area contributed by atoms with Crippen LogP contribution in [0, 0.1) is 70.1 Å². The summed E-state index contributed by atoms with van der Waals surface area (Å²) in [4.78, 5) is 105. The van der Waals surface area contributed by atoms with E-state index in [1.807, 2.05) is 73.7 Å². The zero-order chi connectivity index (χ0) is 99.7. The lowest BCUT2D eigenvalue weighted by molar-refractivity contribution is -0.146. The molecule has 6 aliphatic carbocycles. The summed E-state index contributed by atoms with van der Waals surface area (Å²) >= 11 is 0. The lowest BCUT2D eigenvalue weighted by Gasteiger charge is -2.28. The predicted molar refractivity (Wildman–Crippen MR) is 547 cm³/mol. The molecule has 0 radical (unpaired) electrons. The number of aryl methyl sites for hydroxylation is 10. The highest BCUT2D eigenvalue weighted by Crippen LogP contribution is 2.40. The van der Waals surface area contributed by atoms with Gasteiger partial charge in [-0.1, -0.05) is 198 Å². The fraction of sp³-hybridized carbons (Fsp3) is 0.311. The highest BCUT2D eigenvalue weighted by atomic mass is 16.6. The summed E-state index contributed by atoms with van der Waals surface area (Å²) in [6.45, 7) is 11.4. The van der Waals surface area contributed by atoms with Crippen LogP contribution in [0.15, 0.2) is 273 Å². The average molecular weight is 1910 g/mol. The van der Waals surface area contributed by atoms with Crippen LogP contribution in [-0.2, 0) is 130 Å². The zero-order valence-electron chi connectivity index (χ0n) is 82.6. The van der Waals surface area contributed by atoms with Gasteiger partial charge >= 0.3 is 47.8 Å². The highest BCUT2D eigenvalue weighted by Gasteiger charge is 2.34. The van der Waals surface area contributed by atoms with E-state index < -0.39 is 5.97 Å². The van der Waals surface area contributed by atoms with Crippen molar-refractivity contribution in [2.24, 2.45) is 35.5 Å². The molecule has 730 valence electrons. The van der Waals surface area contributed by atoms with Gasteiger partial charge in [0.1, 0.15) is 42.0 Å².